The van der Waals surface area contributed by atoms with Crippen LogP contribution in [0.25, 0.3) is 0 Å². The first-order valence-electron chi connectivity index (χ1n) is 4.95. The second-order valence-corrected chi connectivity index (χ2v) is 3.84. The Morgan fingerprint density at radius 1 is 1.53 bits per heavy atom. The van der Waals surface area contributed by atoms with Crippen LogP contribution in [0.3, 0.4) is 0 Å². The Balaban J connectivity index is 2.80. The summed E-state index contributed by atoms with van der Waals surface area (Å²) in [6, 6.07) is -2.34. The first kappa shape index (κ1) is 13.1. The lowest BCUT2D eigenvalue weighted by atomic mass is 9.98. The van der Waals surface area contributed by atoms with Crippen molar-refractivity contribution in [2.45, 2.75) is 25.4 Å². The van der Waals surface area contributed by atoms with Crippen molar-refractivity contribution in [2.24, 2.45) is 11.7 Å². The van der Waals surface area contributed by atoms with Gasteiger partial charge >= 0.3 is 5.97 Å². The van der Waals surface area contributed by atoms with Gasteiger partial charge in [0.1, 0.15) is 6.04 Å². The third-order valence-corrected chi connectivity index (χ3v) is 2.38. The minimum Gasteiger partial charge on any atom is -0.480 e. The summed E-state index contributed by atoms with van der Waals surface area (Å²) in [4.78, 5) is 44.5. The molecule has 0 aromatic carbocycles. The third kappa shape index (κ3) is 3.00. The average molecular weight is 243 g/mol. The van der Waals surface area contributed by atoms with Crippen LogP contribution >= 0.6 is 0 Å². The molecule has 5 N–H and O–H groups in total. The summed E-state index contributed by atoms with van der Waals surface area (Å²) in [5.41, 5.74) is 5.27. The molecule has 0 radical (unpaired) electrons. The fourth-order valence-corrected chi connectivity index (χ4v) is 1.46. The number of carboxylic acid groups (broad SMARTS) is 1. The van der Waals surface area contributed by atoms with Gasteiger partial charge in [-0.05, 0) is 6.92 Å². The highest BCUT2D eigenvalue weighted by Crippen LogP contribution is 2.15. The van der Waals surface area contributed by atoms with E-state index in [1.54, 1.807) is 0 Å². The first-order chi connectivity index (χ1) is 7.82. The molecular weight excluding hydrogens is 230 g/mol. The van der Waals surface area contributed by atoms with Gasteiger partial charge in [0, 0.05) is 6.42 Å². The average Bonchev–Trinajstić information content (AvgIpc) is 2.53. The second-order valence-electron chi connectivity index (χ2n) is 3.84. The zero-order chi connectivity index (χ0) is 13.2. The topological polar surface area (TPSA) is 139 Å². The van der Waals surface area contributed by atoms with Gasteiger partial charge in [0.25, 0.3) is 0 Å². The van der Waals surface area contributed by atoms with E-state index < -0.39 is 41.7 Å². The molecule has 1 aliphatic heterocycles. The molecule has 1 heterocycles. The van der Waals surface area contributed by atoms with Crippen molar-refractivity contribution in [3.05, 3.63) is 0 Å². The van der Waals surface area contributed by atoms with Crippen molar-refractivity contribution < 1.29 is 24.3 Å². The van der Waals surface area contributed by atoms with E-state index >= 15 is 0 Å². The van der Waals surface area contributed by atoms with Gasteiger partial charge in [-0.2, -0.15) is 0 Å². The number of aliphatic carboxylic acids is 1. The van der Waals surface area contributed by atoms with Crippen molar-refractivity contribution in [2.75, 3.05) is 0 Å². The van der Waals surface area contributed by atoms with Crippen LogP contribution in [0.1, 0.15) is 13.3 Å². The number of hydrogen-bond donors (Lipinski definition) is 4. The smallest absolute Gasteiger partial charge is 0.327 e. The van der Waals surface area contributed by atoms with Gasteiger partial charge in [0.05, 0.1) is 12.0 Å². The van der Waals surface area contributed by atoms with Crippen molar-refractivity contribution in [3.63, 3.8) is 0 Å². The van der Waals surface area contributed by atoms with Gasteiger partial charge < -0.3 is 16.2 Å². The summed E-state index contributed by atoms with van der Waals surface area (Å²) >= 11 is 0. The Labute approximate surface area is 96.5 Å². The van der Waals surface area contributed by atoms with Gasteiger partial charge in [0.2, 0.25) is 17.7 Å². The summed E-state index contributed by atoms with van der Waals surface area (Å²) in [6.45, 7) is 1.38. The quantitative estimate of drug-likeness (QED) is 0.405. The summed E-state index contributed by atoms with van der Waals surface area (Å²) in [7, 11) is 0. The number of hydrogen-bond acceptors (Lipinski definition) is 5. The summed E-state index contributed by atoms with van der Waals surface area (Å²) in [5.74, 6) is -4.42. The molecule has 3 atom stereocenters. The Bertz CT molecular complexity index is 379. The summed E-state index contributed by atoms with van der Waals surface area (Å²) in [6.07, 6.45) is -0.255. The van der Waals surface area contributed by atoms with Crippen LogP contribution in [0.15, 0.2) is 0 Å². The zero-order valence-electron chi connectivity index (χ0n) is 9.10. The van der Waals surface area contributed by atoms with E-state index in [1.165, 1.54) is 6.92 Å². The molecule has 8 heteroatoms. The highest BCUT2D eigenvalue weighted by Gasteiger charge is 2.41. The van der Waals surface area contributed by atoms with Gasteiger partial charge in [0.15, 0.2) is 0 Å². The number of amides is 3. The van der Waals surface area contributed by atoms with E-state index in [0.717, 1.165) is 0 Å². The molecule has 0 bridgehead atoms. The minimum absolute atomic E-state index is 0.255. The molecule has 0 spiro atoms. The Hall–Kier alpha value is -1.96. The number of carboxylic acids is 1. The molecule has 1 saturated heterocycles. The van der Waals surface area contributed by atoms with Crippen LogP contribution in [0.5, 0.6) is 0 Å². The maximum Gasteiger partial charge on any atom is 0.327 e. The van der Waals surface area contributed by atoms with Crippen molar-refractivity contribution >= 4 is 23.7 Å². The molecule has 1 aliphatic rings. The largest absolute Gasteiger partial charge is 0.480 e. The highest BCUT2D eigenvalue weighted by atomic mass is 16.4. The number of carbonyl (C=O) groups is 4. The van der Waals surface area contributed by atoms with Crippen molar-refractivity contribution in [3.8, 4) is 0 Å². The number of nitrogens with one attached hydrogen (secondary N) is 2. The van der Waals surface area contributed by atoms with Gasteiger partial charge in [-0.25, -0.2) is 4.79 Å². The number of rotatable bonds is 4. The standard InChI is InChI=1S/C9H13N3O5/c1-3(10)7(14)12-6(9(16)17)4-2-5(13)11-8(4)15/h3-4,6H,2,10H2,1H3,(H,12,14)(H,16,17)(H,11,13,15). The maximum absolute atomic E-state index is 11.3. The molecule has 94 valence electrons. The van der Waals surface area contributed by atoms with Crippen LogP contribution in [-0.4, -0.2) is 40.9 Å². The highest BCUT2D eigenvalue weighted by molar-refractivity contribution is 6.06. The minimum atomic E-state index is -1.44. The van der Waals surface area contributed by atoms with Gasteiger partial charge in [-0.3, -0.25) is 19.7 Å². The van der Waals surface area contributed by atoms with Crippen LogP contribution in [0.2, 0.25) is 0 Å². The molecule has 8 nitrogen and oxygen atoms in total. The zero-order valence-corrected chi connectivity index (χ0v) is 9.10. The lowest BCUT2D eigenvalue weighted by Gasteiger charge is -2.19. The molecule has 0 aliphatic carbocycles. The van der Waals surface area contributed by atoms with Crippen LogP contribution < -0.4 is 16.4 Å². The fraction of sp³-hybridized carbons (Fsp3) is 0.556. The van der Waals surface area contributed by atoms with E-state index in [4.69, 9.17) is 10.8 Å². The monoisotopic (exact) mass is 243 g/mol. The van der Waals surface area contributed by atoms with E-state index in [0.29, 0.717) is 0 Å². The molecule has 1 rings (SSSR count). The third-order valence-electron chi connectivity index (χ3n) is 2.38. The summed E-state index contributed by atoms with van der Waals surface area (Å²) < 4.78 is 0. The number of nitrogens with two attached hydrogens (primary N) is 1. The molecule has 3 amide bonds. The SMILES string of the molecule is CC(N)C(=O)NC(C(=O)O)C1CC(=O)NC1=O. The number of imide groups is 1. The van der Waals surface area contributed by atoms with Crippen LogP contribution in [0, 0.1) is 5.92 Å². The number of carbonyl (C=O) groups excluding carboxylic acids is 3. The predicted molar refractivity (Wildman–Crippen MR) is 54.5 cm³/mol. The molecule has 0 aromatic rings. The van der Waals surface area contributed by atoms with E-state index in [9.17, 15) is 19.2 Å². The summed E-state index contributed by atoms with van der Waals surface area (Å²) in [5, 5.41) is 13.0. The molecular formula is C9H13N3O5. The van der Waals surface area contributed by atoms with E-state index in [1.807, 2.05) is 5.32 Å². The lowest BCUT2D eigenvalue weighted by molar-refractivity contribution is -0.145. The molecule has 0 saturated carbocycles. The second kappa shape index (κ2) is 4.91. The predicted octanol–water partition coefficient (Wildman–Crippen LogP) is -2.43. The maximum atomic E-state index is 11.3. The Kier molecular flexibility index (Phi) is 3.79. The van der Waals surface area contributed by atoms with Crippen LogP contribution in [-0.2, 0) is 19.2 Å². The van der Waals surface area contributed by atoms with Crippen molar-refractivity contribution in [1.29, 1.82) is 0 Å². The molecule has 17 heavy (non-hydrogen) atoms. The van der Waals surface area contributed by atoms with E-state index in [2.05, 4.69) is 5.32 Å². The Morgan fingerprint density at radius 2 is 2.12 bits per heavy atom. The van der Waals surface area contributed by atoms with Gasteiger partial charge in [-0.15, -0.1) is 0 Å². The van der Waals surface area contributed by atoms with Crippen LogP contribution in [0.4, 0.5) is 0 Å². The normalized spacial score (nSPS) is 22.8. The molecule has 0 aromatic heterocycles. The van der Waals surface area contributed by atoms with Crippen molar-refractivity contribution in [1.82, 2.24) is 10.6 Å². The Morgan fingerprint density at radius 3 is 2.47 bits per heavy atom. The molecule has 3 unspecified atom stereocenters. The van der Waals surface area contributed by atoms with E-state index in [-0.39, 0.29) is 6.42 Å². The van der Waals surface area contributed by atoms with Gasteiger partial charge in [-0.1, -0.05) is 0 Å². The molecule has 1 fully saturated rings. The lowest BCUT2D eigenvalue weighted by Crippen LogP contribution is -2.52. The fourth-order valence-electron chi connectivity index (χ4n) is 1.46. The first-order valence-corrected chi connectivity index (χ1v) is 4.95.